The van der Waals surface area contributed by atoms with Crippen LogP contribution in [0.2, 0.25) is 0 Å². The fourth-order valence-electron chi connectivity index (χ4n) is 1.45. The van der Waals surface area contributed by atoms with Gasteiger partial charge in [0.1, 0.15) is 5.01 Å². The van der Waals surface area contributed by atoms with Crippen molar-refractivity contribution in [3.63, 3.8) is 0 Å². The number of rotatable bonds is 5. The highest BCUT2D eigenvalue weighted by atomic mass is 32.1. The maximum Gasteiger partial charge on any atom is 0.189 e. The number of thiazole rings is 1. The second kappa shape index (κ2) is 6.39. The van der Waals surface area contributed by atoms with Gasteiger partial charge in [-0.25, -0.2) is 9.98 Å². The van der Waals surface area contributed by atoms with Gasteiger partial charge < -0.3 is 11.1 Å². The summed E-state index contributed by atoms with van der Waals surface area (Å²) in [4.78, 5) is 10.1. The Morgan fingerprint density at radius 3 is 2.88 bits per heavy atom. The van der Waals surface area contributed by atoms with Crippen molar-refractivity contribution < 1.29 is 0 Å². The van der Waals surface area contributed by atoms with Gasteiger partial charge in [-0.05, 0) is 12.8 Å². The average molecular weight is 252 g/mol. The smallest absolute Gasteiger partial charge is 0.189 e. The van der Waals surface area contributed by atoms with Crippen molar-refractivity contribution in [1.29, 1.82) is 0 Å². The van der Waals surface area contributed by atoms with Crippen LogP contribution in [-0.2, 0) is 6.54 Å². The SMILES string of the molecule is C=CCNC(N)=NCc1nc(C(C)C)c(C)s1. The topological polar surface area (TPSA) is 63.3 Å². The van der Waals surface area contributed by atoms with E-state index in [2.05, 4.69) is 42.6 Å². The summed E-state index contributed by atoms with van der Waals surface area (Å²) in [5.41, 5.74) is 6.84. The Hall–Kier alpha value is -1.36. The lowest BCUT2D eigenvalue weighted by Crippen LogP contribution is -2.31. The van der Waals surface area contributed by atoms with Gasteiger partial charge in [-0.2, -0.15) is 0 Å². The van der Waals surface area contributed by atoms with Crippen molar-refractivity contribution >= 4 is 17.3 Å². The third-order valence-corrected chi connectivity index (χ3v) is 3.21. The molecule has 0 amide bonds. The lowest BCUT2D eigenvalue weighted by Gasteiger charge is -2.01. The first-order valence-electron chi connectivity index (χ1n) is 5.65. The Morgan fingerprint density at radius 1 is 1.65 bits per heavy atom. The minimum absolute atomic E-state index is 0.434. The Bertz CT molecular complexity index is 407. The van der Waals surface area contributed by atoms with E-state index in [-0.39, 0.29) is 0 Å². The lowest BCUT2D eigenvalue weighted by molar-refractivity contribution is 0.813. The lowest BCUT2D eigenvalue weighted by atomic mass is 10.1. The molecular weight excluding hydrogens is 232 g/mol. The van der Waals surface area contributed by atoms with Crippen molar-refractivity contribution in [3.8, 4) is 0 Å². The van der Waals surface area contributed by atoms with Crippen LogP contribution in [0.5, 0.6) is 0 Å². The van der Waals surface area contributed by atoms with E-state index in [1.165, 1.54) is 4.88 Å². The maximum atomic E-state index is 5.68. The van der Waals surface area contributed by atoms with Crippen LogP contribution in [0.15, 0.2) is 17.6 Å². The highest BCUT2D eigenvalue weighted by Crippen LogP contribution is 2.24. The minimum atomic E-state index is 0.434. The van der Waals surface area contributed by atoms with Gasteiger partial charge in [0.2, 0.25) is 0 Å². The molecule has 0 fully saturated rings. The maximum absolute atomic E-state index is 5.68. The summed E-state index contributed by atoms with van der Waals surface area (Å²) in [6, 6.07) is 0. The molecular formula is C12H20N4S. The zero-order valence-electron chi connectivity index (χ0n) is 10.7. The summed E-state index contributed by atoms with van der Waals surface area (Å²) in [6.07, 6.45) is 1.74. The quantitative estimate of drug-likeness (QED) is 0.479. The van der Waals surface area contributed by atoms with Crippen molar-refractivity contribution in [2.75, 3.05) is 6.54 Å². The van der Waals surface area contributed by atoms with E-state index < -0.39 is 0 Å². The molecule has 3 N–H and O–H groups in total. The van der Waals surface area contributed by atoms with E-state index in [1.54, 1.807) is 17.4 Å². The number of hydrogen-bond donors (Lipinski definition) is 2. The standard InChI is InChI=1S/C12H20N4S/c1-5-6-14-12(13)15-7-10-16-11(8(2)3)9(4)17-10/h5,8H,1,6-7H2,2-4H3,(H3,13,14,15). The number of aromatic nitrogens is 1. The molecule has 0 saturated heterocycles. The van der Waals surface area contributed by atoms with Crippen LogP contribution in [0, 0.1) is 6.92 Å². The molecule has 1 aromatic rings. The molecule has 0 saturated carbocycles. The molecule has 5 heteroatoms. The van der Waals surface area contributed by atoms with E-state index in [4.69, 9.17) is 5.73 Å². The van der Waals surface area contributed by atoms with Gasteiger partial charge in [0.05, 0.1) is 12.2 Å². The van der Waals surface area contributed by atoms with Crippen molar-refractivity contribution in [3.05, 3.63) is 28.2 Å². The molecule has 0 atom stereocenters. The molecule has 4 nitrogen and oxygen atoms in total. The number of nitrogens with one attached hydrogen (secondary N) is 1. The zero-order chi connectivity index (χ0) is 12.8. The van der Waals surface area contributed by atoms with Gasteiger partial charge in [0, 0.05) is 11.4 Å². The molecule has 1 heterocycles. The Balaban J connectivity index is 2.63. The molecule has 94 valence electrons. The van der Waals surface area contributed by atoms with Crippen LogP contribution in [0.1, 0.15) is 35.3 Å². The molecule has 0 aromatic carbocycles. The van der Waals surface area contributed by atoms with Crippen LogP contribution in [0.3, 0.4) is 0 Å². The summed E-state index contributed by atoms with van der Waals surface area (Å²) in [6.45, 7) is 11.2. The minimum Gasteiger partial charge on any atom is -0.370 e. The molecule has 1 rings (SSSR count). The molecule has 0 radical (unpaired) electrons. The molecule has 17 heavy (non-hydrogen) atoms. The second-order valence-corrected chi connectivity index (χ2v) is 5.36. The first-order valence-corrected chi connectivity index (χ1v) is 6.47. The Kier molecular flexibility index (Phi) is 5.15. The number of aryl methyl sites for hydroxylation is 1. The van der Waals surface area contributed by atoms with Gasteiger partial charge >= 0.3 is 0 Å². The van der Waals surface area contributed by atoms with Crippen molar-refractivity contribution in [2.24, 2.45) is 10.7 Å². The van der Waals surface area contributed by atoms with Crippen LogP contribution in [0.4, 0.5) is 0 Å². The van der Waals surface area contributed by atoms with Crippen LogP contribution < -0.4 is 11.1 Å². The van der Waals surface area contributed by atoms with Crippen LogP contribution in [-0.4, -0.2) is 17.5 Å². The molecule has 0 spiro atoms. The number of nitrogens with zero attached hydrogens (tertiary/aromatic N) is 2. The first kappa shape index (κ1) is 13.7. The molecule has 0 unspecified atom stereocenters. The van der Waals surface area contributed by atoms with Gasteiger partial charge in [0.15, 0.2) is 5.96 Å². The zero-order valence-corrected chi connectivity index (χ0v) is 11.5. The van der Waals surface area contributed by atoms with Gasteiger partial charge in [-0.3, -0.25) is 0 Å². The average Bonchev–Trinajstić information content (AvgIpc) is 2.65. The molecule has 0 aliphatic carbocycles. The van der Waals surface area contributed by atoms with Gasteiger partial charge in [-0.1, -0.05) is 19.9 Å². The predicted molar refractivity (Wildman–Crippen MR) is 74.5 cm³/mol. The number of nitrogens with two attached hydrogens (primary N) is 1. The third-order valence-electron chi connectivity index (χ3n) is 2.24. The summed E-state index contributed by atoms with van der Waals surface area (Å²) in [5.74, 6) is 0.893. The summed E-state index contributed by atoms with van der Waals surface area (Å²) in [7, 11) is 0. The van der Waals surface area contributed by atoms with Crippen LogP contribution in [0.25, 0.3) is 0 Å². The number of aliphatic imine (C=N–C) groups is 1. The highest BCUT2D eigenvalue weighted by molar-refractivity contribution is 7.11. The van der Waals surface area contributed by atoms with E-state index in [0.717, 1.165) is 10.7 Å². The van der Waals surface area contributed by atoms with E-state index in [0.29, 0.717) is 25.0 Å². The fourth-order valence-corrected chi connectivity index (χ4v) is 2.47. The van der Waals surface area contributed by atoms with Crippen LogP contribution >= 0.6 is 11.3 Å². The van der Waals surface area contributed by atoms with Gasteiger partial charge in [-0.15, -0.1) is 17.9 Å². The fraction of sp³-hybridized carbons (Fsp3) is 0.500. The van der Waals surface area contributed by atoms with E-state index in [9.17, 15) is 0 Å². The third kappa shape index (κ3) is 4.19. The Labute approximate surface area is 107 Å². The molecule has 0 aliphatic heterocycles. The summed E-state index contributed by atoms with van der Waals surface area (Å²) >= 11 is 1.69. The molecule has 0 bridgehead atoms. The monoisotopic (exact) mass is 252 g/mol. The van der Waals surface area contributed by atoms with E-state index in [1.807, 2.05) is 0 Å². The largest absolute Gasteiger partial charge is 0.370 e. The summed E-state index contributed by atoms with van der Waals surface area (Å²) < 4.78 is 0. The van der Waals surface area contributed by atoms with E-state index >= 15 is 0 Å². The molecule has 0 aliphatic rings. The number of guanidine groups is 1. The first-order chi connectivity index (χ1) is 8.04. The van der Waals surface area contributed by atoms with Gasteiger partial charge in [0.25, 0.3) is 0 Å². The normalized spacial score (nSPS) is 11.9. The highest BCUT2D eigenvalue weighted by Gasteiger charge is 2.10. The summed E-state index contributed by atoms with van der Waals surface area (Å²) in [5, 5.41) is 3.94. The Morgan fingerprint density at radius 2 is 2.35 bits per heavy atom. The second-order valence-electron chi connectivity index (χ2n) is 4.07. The van der Waals surface area contributed by atoms with Crippen molar-refractivity contribution in [2.45, 2.75) is 33.2 Å². The molecule has 1 aromatic heterocycles. The van der Waals surface area contributed by atoms with Crippen molar-refractivity contribution in [1.82, 2.24) is 10.3 Å². The number of hydrogen-bond acceptors (Lipinski definition) is 3. The predicted octanol–water partition coefficient (Wildman–Crippen LogP) is 2.17.